The molecule has 0 spiro atoms. The number of nitrogens with one attached hydrogen (secondary N) is 2. The van der Waals surface area contributed by atoms with Crippen LogP contribution < -0.4 is 16.3 Å². The number of alkyl halides is 2. The summed E-state index contributed by atoms with van der Waals surface area (Å²) in [4.78, 5) is 49.9. The molecule has 1 aromatic heterocycles. The standard InChI is InChI=1S/C21H32ClFN3O9PS3/c1-12(2)34-16(28)13(3)25-36(37,32-9-10-38-18(29)20(4,5)6)33-11-15-35-17(21(22,23)39(15)31)26-8-7-14(27)24-19(26)30/h7-8,12-13,15,17H,9-11H2,1-6H3,(H,25,37)(H,24,27,30)/t13-,15+,17-,21-,36?,39-/m1/s1. The van der Waals surface area contributed by atoms with Crippen LogP contribution >= 0.6 is 30.0 Å². The van der Waals surface area contributed by atoms with E-state index in [4.69, 9.17) is 41.9 Å². The average Bonchev–Trinajstić information content (AvgIpc) is 3.03. The lowest BCUT2D eigenvalue weighted by atomic mass is 10.00. The number of hydrogen-bond acceptors (Lipinski definition) is 11. The molecular weight excluding hydrogens is 620 g/mol. The number of rotatable bonds is 12. The van der Waals surface area contributed by atoms with Crippen LogP contribution in [-0.4, -0.2) is 66.2 Å². The molecule has 2 N–H and O–H groups in total. The third kappa shape index (κ3) is 9.62. The first-order valence-electron chi connectivity index (χ1n) is 11.7. The monoisotopic (exact) mass is 651 g/mol. The minimum Gasteiger partial charge on any atom is -0.611 e. The van der Waals surface area contributed by atoms with Crippen LogP contribution in [0.25, 0.3) is 0 Å². The highest BCUT2D eigenvalue weighted by molar-refractivity contribution is 8.13. The Labute approximate surface area is 242 Å². The van der Waals surface area contributed by atoms with E-state index in [0.717, 1.165) is 24.0 Å². The van der Waals surface area contributed by atoms with E-state index in [0.29, 0.717) is 4.57 Å². The molecule has 0 amide bonds. The van der Waals surface area contributed by atoms with Crippen LogP contribution in [0, 0.1) is 5.41 Å². The summed E-state index contributed by atoms with van der Waals surface area (Å²) in [6.45, 7) is 5.96. The van der Waals surface area contributed by atoms with Crippen molar-refractivity contribution < 1.29 is 37.1 Å². The second-order valence-electron chi connectivity index (χ2n) is 9.64. The van der Waals surface area contributed by atoms with Gasteiger partial charge in [0.15, 0.2) is 5.12 Å². The van der Waals surface area contributed by atoms with E-state index in [9.17, 15) is 23.7 Å². The summed E-state index contributed by atoms with van der Waals surface area (Å²) in [6, 6.07) is -0.0277. The molecule has 39 heavy (non-hydrogen) atoms. The predicted octanol–water partition coefficient (Wildman–Crippen LogP) is 2.50. The molecule has 1 aliphatic rings. The maximum absolute atomic E-state index is 15.2. The van der Waals surface area contributed by atoms with Gasteiger partial charge >= 0.3 is 16.1 Å². The zero-order valence-electron chi connectivity index (χ0n) is 22.1. The molecule has 1 aromatic rings. The van der Waals surface area contributed by atoms with Crippen LogP contribution in [0.4, 0.5) is 4.39 Å². The molecule has 1 unspecified atom stereocenters. The van der Waals surface area contributed by atoms with Crippen molar-refractivity contribution in [2.75, 3.05) is 19.0 Å². The van der Waals surface area contributed by atoms with Gasteiger partial charge in [0.1, 0.15) is 12.6 Å². The Hall–Kier alpha value is -0.810. The summed E-state index contributed by atoms with van der Waals surface area (Å²) in [7, 11) is 0. The molecule has 1 fully saturated rings. The van der Waals surface area contributed by atoms with Crippen LogP contribution in [0.5, 0.6) is 0 Å². The van der Waals surface area contributed by atoms with Gasteiger partial charge in [0.25, 0.3) is 12.2 Å². The van der Waals surface area contributed by atoms with Gasteiger partial charge in [-0.3, -0.25) is 28.7 Å². The summed E-state index contributed by atoms with van der Waals surface area (Å²) in [5.41, 5.74) is -3.82. The summed E-state index contributed by atoms with van der Waals surface area (Å²) in [6.07, 6.45) is -1.30. The number of esters is 1. The first kappa shape index (κ1) is 34.4. The van der Waals surface area contributed by atoms with E-state index in [1.165, 1.54) is 6.92 Å². The summed E-state index contributed by atoms with van der Waals surface area (Å²) in [5, 5.41) is 2.70. The molecule has 222 valence electrons. The van der Waals surface area contributed by atoms with Gasteiger partial charge in [-0.15, -0.1) is 0 Å². The Balaban J connectivity index is 2.16. The van der Waals surface area contributed by atoms with E-state index in [1.54, 1.807) is 34.6 Å². The van der Waals surface area contributed by atoms with E-state index in [-0.39, 0.29) is 17.5 Å². The number of hydrogen-bond donors (Lipinski definition) is 2. The summed E-state index contributed by atoms with van der Waals surface area (Å²) >= 11 is 9.87. The number of carbonyl (C=O) groups is 2. The number of H-pyrrole nitrogens is 1. The third-order valence-corrected chi connectivity index (χ3v) is 10.8. The number of aromatic amines is 1. The van der Waals surface area contributed by atoms with E-state index in [2.05, 4.69) is 5.09 Å². The van der Waals surface area contributed by atoms with Crippen molar-refractivity contribution in [3.63, 3.8) is 0 Å². The second-order valence-corrected chi connectivity index (χ2v) is 16.4. The molecule has 1 saturated heterocycles. The quantitative estimate of drug-likeness (QED) is 0.112. The highest BCUT2D eigenvalue weighted by Gasteiger charge is 2.63. The molecule has 18 heteroatoms. The fourth-order valence-electron chi connectivity index (χ4n) is 2.89. The van der Waals surface area contributed by atoms with Crippen LogP contribution in [0.3, 0.4) is 0 Å². The van der Waals surface area contributed by atoms with Crippen LogP contribution in [0.15, 0.2) is 21.9 Å². The van der Waals surface area contributed by atoms with Crippen molar-refractivity contribution in [2.45, 2.75) is 69.8 Å². The second kappa shape index (κ2) is 13.9. The van der Waals surface area contributed by atoms with Crippen molar-refractivity contribution >= 4 is 64.1 Å². The maximum Gasteiger partial charge on any atom is 0.386 e. The zero-order valence-corrected chi connectivity index (χ0v) is 26.2. The Morgan fingerprint density at radius 1 is 1.38 bits per heavy atom. The smallest absolute Gasteiger partial charge is 0.386 e. The lowest BCUT2D eigenvalue weighted by molar-refractivity contribution is -0.149. The van der Waals surface area contributed by atoms with E-state index >= 15 is 4.39 Å². The Kier molecular flexibility index (Phi) is 12.3. The number of thioether (sulfide) groups is 1. The van der Waals surface area contributed by atoms with E-state index in [1.807, 2.05) is 4.98 Å². The van der Waals surface area contributed by atoms with Crippen molar-refractivity contribution in [1.29, 1.82) is 0 Å². The molecule has 0 aliphatic carbocycles. The topological polar surface area (TPSA) is 161 Å². The van der Waals surface area contributed by atoms with Gasteiger partial charge in [-0.05, 0) is 44.2 Å². The van der Waals surface area contributed by atoms with Crippen molar-refractivity contribution in [1.82, 2.24) is 14.6 Å². The van der Waals surface area contributed by atoms with Crippen molar-refractivity contribution in [2.24, 2.45) is 5.41 Å². The third-order valence-electron chi connectivity index (χ3n) is 4.81. The Morgan fingerprint density at radius 2 is 2.03 bits per heavy atom. The van der Waals surface area contributed by atoms with Crippen LogP contribution in [-0.2, 0) is 51.1 Å². The van der Waals surface area contributed by atoms with Gasteiger partial charge in [0, 0.05) is 34.6 Å². The van der Waals surface area contributed by atoms with Gasteiger partial charge in [0.05, 0.1) is 12.7 Å². The number of aromatic nitrogens is 2. The molecule has 2 rings (SSSR count). The van der Waals surface area contributed by atoms with Crippen molar-refractivity contribution in [3.05, 3.63) is 33.1 Å². The molecule has 2 heterocycles. The fraction of sp³-hybridized carbons (Fsp3) is 0.714. The molecule has 6 atom stereocenters. The number of ether oxygens (including phenoxy) is 2. The van der Waals surface area contributed by atoms with Gasteiger partial charge in [-0.1, -0.05) is 32.5 Å². The Bertz CT molecular complexity index is 1190. The lowest BCUT2D eigenvalue weighted by Gasteiger charge is -2.27. The highest BCUT2D eigenvalue weighted by Crippen LogP contribution is 2.50. The minimum atomic E-state index is -3.54. The van der Waals surface area contributed by atoms with Gasteiger partial charge in [-0.2, -0.15) is 4.39 Å². The first-order valence-corrected chi connectivity index (χ1v) is 16.9. The summed E-state index contributed by atoms with van der Waals surface area (Å²) < 4.78 is 47.7. The molecule has 0 radical (unpaired) electrons. The predicted molar refractivity (Wildman–Crippen MR) is 150 cm³/mol. The molecular formula is C21H32ClFN3O9PS3. The van der Waals surface area contributed by atoms with Gasteiger partial charge < -0.3 is 18.3 Å². The van der Waals surface area contributed by atoms with Crippen LogP contribution in [0.1, 0.15) is 47.8 Å². The highest BCUT2D eigenvalue weighted by atomic mass is 35.5. The molecule has 0 bridgehead atoms. The molecule has 1 aliphatic heterocycles. The molecule has 0 aromatic carbocycles. The lowest BCUT2D eigenvalue weighted by Crippen LogP contribution is -2.39. The normalized spacial score (nSPS) is 25.8. The minimum absolute atomic E-state index is 0.0464. The Morgan fingerprint density at radius 3 is 2.59 bits per heavy atom. The zero-order chi connectivity index (χ0) is 29.8. The molecule has 0 saturated carbocycles. The van der Waals surface area contributed by atoms with E-state index < -0.39 is 75.3 Å². The van der Waals surface area contributed by atoms with Crippen LogP contribution in [0.2, 0.25) is 0 Å². The van der Waals surface area contributed by atoms with Gasteiger partial charge in [-0.25, -0.2) is 9.88 Å². The van der Waals surface area contributed by atoms with Gasteiger partial charge in [0.2, 0.25) is 11.7 Å². The average molecular weight is 652 g/mol. The fourth-order valence-corrected chi connectivity index (χ4v) is 7.82. The number of halogens is 2. The summed E-state index contributed by atoms with van der Waals surface area (Å²) in [5.74, 6) is -0.409. The SMILES string of the molecule is CC(C)OC(=O)[C@@H](C)NP(=S)(OCCSC(=O)C(C)(C)C)OC[C@H]1O[C@@H](n2ccc(=O)[nH]c2=O)[C@](F)(Cl)[S@+]1[O-]. The molecule has 12 nitrogen and oxygen atoms in total. The first-order chi connectivity index (χ1) is 17.9. The number of carbonyl (C=O) groups excluding carboxylic acids is 2. The maximum atomic E-state index is 15.2. The van der Waals surface area contributed by atoms with Crippen molar-refractivity contribution in [3.8, 4) is 0 Å². The number of nitrogens with zero attached hydrogens (tertiary/aromatic N) is 1. The largest absolute Gasteiger partial charge is 0.611 e.